The van der Waals surface area contributed by atoms with Gasteiger partial charge in [0.2, 0.25) is 11.8 Å². The van der Waals surface area contributed by atoms with Gasteiger partial charge in [-0.1, -0.05) is 29.8 Å². The summed E-state index contributed by atoms with van der Waals surface area (Å²) in [5.74, 6) is 1.58. The minimum atomic E-state index is 0.452. The van der Waals surface area contributed by atoms with E-state index in [2.05, 4.69) is 63.7 Å². The van der Waals surface area contributed by atoms with Crippen LogP contribution < -0.4 is 14.4 Å². The van der Waals surface area contributed by atoms with Gasteiger partial charge in [0.25, 0.3) is 0 Å². The van der Waals surface area contributed by atoms with Crippen molar-refractivity contribution in [3.63, 3.8) is 0 Å². The van der Waals surface area contributed by atoms with Crippen molar-refractivity contribution in [3.05, 3.63) is 71.0 Å². The molecule has 1 N–H and O–H groups in total. The Labute approximate surface area is 226 Å². The minimum Gasteiger partial charge on any atom is -0.439 e. The second-order valence-electron chi connectivity index (χ2n) is 9.24. The van der Waals surface area contributed by atoms with Crippen molar-refractivity contribution in [2.45, 2.75) is 18.7 Å². The molecule has 8 nitrogen and oxygen atoms in total. The molecule has 0 saturated carbocycles. The topological polar surface area (TPSA) is 71.3 Å². The quantitative estimate of drug-likeness (QED) is 0.297. The number of ether oxygens (including phenoxy) is 1. The number of piperazine rings is 1. The number of likely N-dealkylation sites (N-methyl/N-ethyl adjacent to an activating group) is 1. The number of rotatable bonds is 7. The summed E-state index contributed by atoms with van der Waals surface area (Å²) in [4.78, 5) is 15.1. The number of hydrogen-bond acceptors (Lipinski definition) is 8. The van der Waals surface area contributed by atoms with E-state index in [0.717, 1.165) is 59.1 Å². The number of hydrogen-bond donors (Lipinski definition) is 1. The van der Waals surface area contributed by atoms with Crippen molar-refractivity contribution in [2.24, 2.45) is 7.05 Å². The van der Waals surface area contributed by atoms with E-state index in [1.54, 1.807) is 10.9 Å². The number of halogens is 1. The third-order valence-corrected chi connectivity index (χ3v) is 7.42. The third-order valence-electron chi connectivity index (χ3n) is 6.37. The summed E-state index contributed by atoms with van der Waals surface area (Å²) in [5.41, 5.74) is 5.11. The van der Waals surface area contributed by atoms with Gasteiger partial charge in [0.05, 0.1) is 27.5 Å². The highest BCUT2D eigenvalue weighted by atomic mass is 35.5. The number of aryl methyl sites for hydroxylation is 3. The molecule has 0 amide bonds. The van der Waals surface area contributed by atoms with Crippen molar-refractivity contribution in [2.75, 3.05) is 42.8 Å². The summed E-state index contributed by atoms with van der Waals surface area (Å²) in [5, 5.41) is 4.94. The summed E-state index contributed by atoms with van der Waals surface area (Å²) in [6, 6.07) is 13.9. The lowest BCUT2D eigenvalue weighted by atomic mass is 10.00. The molecular formula is C27H30ClN7OS. The number of benzene rings is 2. The van der Waals surface area contributed by atoms with Crippen LogP contribution in [0.5, 0.6) is 11.6 Å². The summed E-state index contributed by atoms with van der Waals surface area (Å²) in [6.07, 6.45) is 3.72. The van der Waals surface area contributed by atoms with Crippen molar-refractivity contribution in [1.29, 1.82) is 0 Å². The predicted molar refractivity (Wildman–Crippen MR) is 151 cm³/mol. The maximum Gasteiger partial charge on any atom is 0.237 e. The molecule has 0 aliphatic carbocycles. The third kappa shape index (κ3) is 6.01. The van der Waals surface area contributed by atoms with Crippen LogP contribution in [0.2, 0.25) is 5.02 Å². The maximum absolute atomic E-state index is 6.58. The van der Waals surface area contributed by atoms with Gasteiger partial charge in [-0.05, 0) is 56.1 Å². The molecule has 1 saturated heterocycles. The predicted octanol–water partition coefficient (Wildman–Crippen LogP) is 5.81. The second kappa shape index (κ2) is 11.0. The molecule has 3 heterocycles. The van der Waals surface area contributed by atoms with E-state index in [9.17, 15) is 0 Å². The monoisotopic (exact) mass is 535 g/mol. The molecule has 0 radical (unpaired) electrons. The Morgan fingerprint density at radius 3 is 2.43 bits per heavy atom. The van der Waals surface area contributed by atoms with Gasteiger partial charge in [-0.15, -0.1) is 0 Å². The van der Waals surface area contributed by atoms with Crippen LogP contribution in [0.3, 0.4) is 0 Å². The number of nitrogens with one attached hydrogen (secondary N) is 1. The average molecular weight is 536 g/mol. The minimum absolute atomic E-state index is 0.452. The first-order chi connectivity index (χ1) is 17.9. The molecule has 0 spiro atoms. The van der Waals surface area contributed by atoms with Gasteiger partial charge in [-0.2, -0.15) is 10.1 Å². The molecular weight excluding hydrogens is 506 g/mol. The molecule has 37 heavy (non-hydrogen) atoms. The van der Waals surface area contributed by atoms with E-state index in [1.165, 1.54) is 11.9 Å². The molecule has 2 aromatic heterocycles. The average Bonchev–Trinajstić information content (AvgIpc) is 3.29. The SMILES string of the molecule is Cc1cccc(C)c1-c1cc(Oc2ccc(Cl)c(N3CCN(C)CC3)c2)nc(NSc2cnn(C)c2)n1. The smallest absolute Gasteiger partial charge is 0.237 e. The Morgan fingerprint density at radius 1 is 0.973 bits per heavy atom. The van der Waals surface area contributed by atoms with Crippen molar-refractivity contribution in [3.8, 4) is 22.9 Å². The molecule has 1 aliphatic heterocycles. The normalized spacial score (nSPS) is 14.1. The highest BCUT2D eigenvalue weighted by molar-refractivity contribution is 8.00. The molecule has 0 unspecified atom stereocenters. The van der Waals surface area contributed by atoms with E-state index in [4.69, 9.17) is 21.3 Å². The van der Waals surface area contributed by atoms with E-state index in [1.807, 2.05) is 37.5 Å². The van der Waals surface area contributed by atoms with E-state index < -0.39 is 0 Å². The Bertz CT molecular complexity index is 1380. The van der Waals surface area contributed by atoms with Crippen LogP contribution in [0, 0.1) is 13.8 Å². The molecule has 2 aromatic carbocycles. The van der Waals surface area contributed by atoms with E-state index >= 15 is 0 Å². The Balaban J connectivity index is 1.46. The summed E-state index contributed by atoms with van der Waals surface area (Å²) < 4.78 is 11.3. The van der Waals surface area contributed by atoms with Crippen LogP contribution in [0.25, 0.3) is 11.3 Å². The summed E-state index contributed by atoms with van der Waals surface area (Å²) in [7, 11) is 4.02. The summed E-state index contributed by atoms with van der Waals surface area (Å²) in [6.45, 7) is 8.01. The highest BCUT2D eigenvalue weighted by Crippen LogP contribution is 2.35. The fourth-order valence-corrected chi connectivity index (χ4v) is 5.23. The van der Waals surface area contributed by atoms with E-state index in [0.29, 0.717) is 22.6 Å². The van der Waals surface area contributed by atoms with Crippen molar-refractivity contribution >= 4 is 35.2 Å². The Hall–Kier alpha value is -3.27. The molecule has 1 fully saturated rings. The highest BCUT2D eigenvalue weighted by Gasteiger charge is 2.18. The zero-order valence-electron chi connectivity index (χ0n) is 21.4. The van der Waals surface area contributed by atoms with Crippen LogP contribution in [0.4, 0.5) is 11.6 Å². The first kappa shape index (κ1) is 25.4. The number of nitrogens with zero attached hydrogens (tertiary/aromatic N) is 6. The lowest BCUT2D eigenvalue weighted by Crippen LogP contribution is -2.44. The summed E-state index contributed by atoms with van der Waals surface area (Å²) >= 11 is 7.98. The van der Waals surface area contributed by atoms with Gasteiger partial charge in [0.1, 0.15) is 5.75 Å². The van der Waals surface area contributed by atoms with Gasteiger partial charge in [-0.25, -0.2) is 4.98 Å². The Morgan fingerprint density at radius 2 is 1.73 bits per heavy atom. The largest absolute Gasteiger partial charge is 0.439 e. The van der Waals surface area contributed by atoms with E-state index in [-0.39, 0.29) is 0 Å². The fraction of sp³-hybridized carbons (Fsp3) is 0.296. The number of aromatic nitrogens is 4. The van der Waals surface area contributed by atoms with Gasteiger partial charge in [0, 0.05) is 57.1 Å². The van der Waals surface area contributed by atoms with Crippen LogP contribution in [0.15, 0.2) is 59.8 Å². The van der Waals surface area contributed by atoms with Gasteiger partial charge in [0.15, 0.2) is 0 Å². The Kier molecular flexibility index (Phi) is 7.55. The first-order valence-corrected chi connectivity index (χ1v) is 13.3. The first-order valence-electron chi connectivity index (χ1n) is 12.1. The van der Waals surface area contributed by atoms with Gasteiger partial charge >= 0.3 is 0 Å². The second-order valence-corrected chi connectivity index (χ2v) is 10.5. The van der Waals surface area contributed by atoms with Crippen molar-refractivity contribution in [1.82, 2.24) is 24.6 Å². The fourth-order valence-electron chi connectivity index (χ4n) is 4.39. The number of anilines is 2. The zero-order valence-corrected chi connectivity index (χ0v) is 23.0. The molecule has 0 bridgehead atoms. The molecule has 4 aromatic rings. The van der Waals surface area contributed by atoms with Crippen LogP contribution >= 0.6 is 23.5 Å². The lowest BCUT2D eigenvalue weighted by Gasteiger charge is -2.34. The molecule has 10 heteroatoms. The lowest BCUT2D eigenvalue weighted by molar-refractivity contribution is 0.313. The van der Waals surface area contributed by atoms with Gasteiger partial charge < -0.3 is 14.5 Å². The molecule has 5 rings (SSSR count). The zero-order chi connectivity index (χ0) is 25.9. The maximum atomic E-state index is 6.58. The van der Waals surface area contributed by atoms with Gasteiger partial charge in [-0.3, -0.25) is 9.40 Å². The van der Waals surface area contributed by atoms with Crippen molar-refractivity contribution < 1.29 is 4.74 Å². The molecule has 0 atom stereocenters. The van der Waals surface area contributed by atoms with Crippen LogP contribution in [-0.4, -0.2) is 57.9 Å². The van der Waals surface area contributed by atoms with Crippen LogP contribution in [0.1, 0.15) is 11.1 Å². The van der Waals surface area contributed by atoms with Crippen LogP contribution in [-0.2, 0) is 7.05 Å². The molecule has 192 valence electrons. The standard InChI is InChI=1S/C27H30ClN7OS/c1-18-6-5-7-19(2)26(18)23-15-25(31-27(30-23)32-37-21-16-29-34(4)17-21)36-20-8-9-22(28)24(14-20)35-12-10-33(3)11-13-35/h5-9,14-17H,10-13H2,1-4H3,(H,30,31,32). The molecule has 1 aliphatic rings.